The van der Waals surface area contributed by atoms with Crippen molar-refractivity contribution in [1.29, 1.82) is 0 Å². The Morgan fingerprint density at radius 1 is 0.684 bits per heavy atom. The Kier molecular flexibility index (Phi) is 9.51. The second-order valence-corrected chi connectivity index (χ2v) is 5.83. The van der Waals surface area contributed by atoms with E-state index in [0.717, 1.165) is 0 Å². The summed E-state index contributed by atoms with van der Waals surface area (Å²) in [6.45, 7) is 3.50. The van der Waals surface area contributed by atoms with E-state index >= 15 is 0 Å². The van der Waals surface area contributed by atoms with E-state index < -0.39 is 18.3 Å². The molecule has 0 bridgehead atoms. The van der Waals surface area contributed by atoms with E-state index in [4.69, 9.17) is 17.2 Å². The Labute approximate surface area is 116 Å². The summed E-state index contributed by atoms with van der Waals surface area (Å²) in [5.41, 5.74) is 17.3. The first-order valence-electron chi connectivity index (χ1n) is 7.01. The fraction of sp³-hybridized carbons (Fsp3) is 1.00. The molecule has 0 aromatic rings. The van der Waals surface area contributed by atoms with Crippen molar-refractivity contribution in [2.75, 3.05) is 0 Å². The number of aliphatic hydroxyl groups is 3. The van der Waals surface area contributed by atoms with Gasteiger partial charge in [-0.05, 0) is 46.0 Å². The highest BCUT2D eigenvalue weighted by Crippen LogP contribution is 2.12. The van der Waals surface area contributed by atoms with Crippen LogP contribution in [0.3, 0.4) is 0 Å². The van der Waals surface area contributed by atoms with Gasteiger partial charge in [0.1, 0.15) is 0 Å². The van der Waals surface area contributed by atoms with Crippen LogP contribution in [0, 0.1) is 0 Å². The lowest BCUT2D eigenvalue weighted by molar-refractivity contribution is 0.0635. The van der Waals surface area contributed by atoms with Gasteiger partial charge >= 0.3 is 0 Å². The van der Waals surface area contributed by atoms with Crippen molar-refractivity contribution in [3.63, 3.8) is 0 Å². The van der Waals surface area contributed by atoms with E-state index in [1.165, 1.54) is 0 Å². The third kappa shape index (κ3) is 11.3. The predicted molar refractivity (Wildman–Crippen MR) is 76.4 cm³/mol. The first kappa shape index (κ1) is 18.8. The largest absolute Gasteiger partial charge is 0.393 e. The van der Waals surface area contributed by atoms with E-state index in [-0.39, 0.29) is 24.5 Å². The molecule has 0 fully saturated rings. The van der Waals surface area contributed by atoms with Gasteiger partial charge < -0.3 is 32.5 Å². The maximum absolute atomic E-state index is 9.83. The fourth-order valence-electron chi connectivity index (χ4n) is 2.30. The molecule has 6 heteroatoms. The van der Waals surface area contributed by atoms with Crippen molar-refractivity contribution in [3.05, 3.63) is 0 Å². The van der Waals surface area contributed by atoms with Gasteiger partial charge in [-0.1, -0.05) is 0 Å². The number of hydrogen-bond acceptors (Lipinski definition) is 6. The Hall–Kier alpha value is -0.240. The van der Waals surface area contributed by atoms with Gasteiger partial charge in [-0.2, -0.15) is 0 Å². The maximum Gasteiger partial charge on any atom is 0.0579 e. The third-order valence-electron chi connectivity index (χ3n) is 3.01. The summed E-state index contributed by atoms with van der Waals surface area (Å²) in [6, 6.07) is -0.488. The van der Waals surface area contributed by atoms with Crippen molar-refractivity contribution in [3.8, 4) is 0 Å². The van der Waals surface area contributed by atoms with E-state index in [1.807, 2.05) is 6.92 Å². The van der Waals surface area contributed by atoms with E-state index in [0.29, 0.717) is 25.7 Å². The van der Waals surface area contributed by atoms with Crippen LogP contribution in [0.2, 0.25) is 0 Å². The van der Waals surface area contributed by atoms with Gasteiger partial charge in [0.2, 0.25) is 0 Å². The lowest BCUT2D eigenvalue weighted by atomic mass is 9.96. The minimum absolute atomic E-state index is 0.0877. The van der Waals surface area contributed by atoms with E-state index in [9.17, 15) is 15.3 Å². The number of hydrogen-bond donors (Lipinski definition) is 6. The van der Waals surface area contributed by atoms with Crippen LogP contribution in [0.4, 0.5) is 0 Å². The molecule has 0 aliphatic rings. The van der Waals surface area contributed by atoms with Crippen LogP contribution in [-0.4, -0.2) is 51.8 Å². The first-order valence-corrected chi connectivity index (χ1v) is 7.01. The molecule has 5 unspecified atom stereocenters. The summed E-state index contributed by atoms with van der Waals surface area (Å²) >= 11 is 0. The molecule has 9 N–H and O–H groups in total. The molecule has 116 valence electrons. The van der Waals surface area contributed by atoms with Gasteiger partial charge in [0.15, 0.2) is 0 Å². The van der Waals surface area contributed by atoms with Crippen LogP contribution in [0.5, 0.6) is 0 Å². The third-order valence-corrected chi connectivity index (χ3v) is 3.01. The molecule has 0 aliphatic carbocycles. The van der Waals surface area contributed by atoms with E-state index in [2.05, 4.69) is 0 Å². The molecule has 0 amide bonds. The highest BCUT2D eigenvalue weighted by atomic mass is 16.3. The van der Waals surface area contributed by atoms with Crippen LogP contribution in [0.1, 0.15) is 46.0 Å². The van der Waals surface area contributed by atoms with Crippen LogP contribution in [0.15, 0.2) is 0 Å². The van der Waals surface area contributed by atoms with Crippen LogP contribution < -0.4 is 17.2 Å². The van der Waals surface area contributed by atoms with Gasteiger partial charge in [-0.15, -0.1) is 0 Å². The zero-order chi connectivity index (χ0) is 15.0. The molecule has 0 radical (unpaired) electrons. The molecule has 0 saturated heterocycles. The highest BCUT2D eigenvalue weighted by Gasteiger charge is 2.18. The molecule has 6 atom stereocenters. The van der Waals surface area contributed by atoms with Crippen molar-refractivity contribution in [1.82, 2.24) is 0 Å². The van der Waals surface area contributed by atoms with Crippen molar-refractivity contribution < 1.29 is 15.3 Å². The predicted octanol–water partition coefficient (Wildman–Crippen LogP) is -0.959. The summed E-state index contributed by atoms with van der Waals surface area (Å²) in [7, 11) is 0. The zero-order valence-electron chi connectivity index (χ0n) is 12.1. The summed E-state index contributed by atoms with van der Waals surface area (Å²) in [5, 5.41) is 28.7. The molecule has 6 nitrogen and oxygen atoms in total. The van der Waals surface area contributed by atoms with Crippen molar-refractivity contribution in [2.45, 2.75) is 82.4 Å². The second-order valence-electron chi connectivity index (χ2n) is 5.83. The average molecular weight is 277 g/mol. The Bertz CT molecular complexity index is 205. The van der Waals surface area contributed by atoms with Gasteiger partial charge in [-0.3, -0.25) is 0 Å². The average Bonchev–Trinajstić information content (AvgIpc) is 2.12. The molecular formula is C13H31N3O3. The number of rotatable bonds is 10. The Morgan fingerprint density at radius 3 is 1.63 bits per heavy atom. The molecule has 0 aromatic carbocycles. The second kappa shape index (κ2) is 9.63. The van der Waals surface area contributed by atoms with Crippen LogP contribution in [-0.2, 0) is 0 Å². The summed E-state index contributed by atoms with van der Waals surface area (Å²) in [6.07, 6.45) is 0.483. The molecule has 19 heavy (non-hydrogen) atoms. The monoisotopic (exact) mass is 277 g/mol. The van der Waals surface area contributed by atoms with Crippen molar-refractivity contribution >= 4 is 0 Å². The standard InChI is InChI=1S/C13H31N3O3/c1-8(14)3-12(18)7-13(19)6-11(16)5-10(15)4-9(2)17/h8-13,17-19H,3-7,14-16H2,1-2H3/t8-,9?,10?,11?,12?,13?/m0/s1. The molecule has 0 spiro atoms. The number of nitrogens with two attached hydrogens (primary N) is 3. The smallest absolute Gasteiger partial charge is 0.0579 e. The fourth-order valence-corrected chi connectivity index (χ4v) is 2.30. The normalized spacial score (nSPS) is 21.5. The van der Waals surface area contributed by atoms with E-state index in [1.54, 1.807) is 6.92 Å². The van der Waals surface area contributed by atoms with Crippen LogP contribution in [0.25, 0.3) is 0 Å². The minimum atomic E-state index is -0.650. The quantitative estimate of drug-likeness (QED) is 0.304. The highest BCUT2D eigenvalue weighted by molar-refractivity contribution is 4.77. The van der Waals surface area contributed by atoms with Crippen LogP contribution >= 0.6 is 0 Å². The van der Waals surface area contributed by atoms with Gasteiger partial charge in [0.05, 0.1) is 18.3 Å². The van der Waals surface area contributed by atoms with Gasteiger partial charge in [0.25, 0.3) is 0 Å². The lowest BCUT2D eigenvalue weighted by Crippen LogP contribution is -2.36. The first-order chi connectivity index (χ1) is 8.70. The zero-order valence-corrected chi connectivity index (χ0v) is 12.1. The summed E-state index contributed by atoms with van der Waals surface area (Å²) < 4.78 is 0. The summed E-state index contributed by atoms with van der Waals surface area (Å²) in [4.78, 5) is 0. The Morgan fingerprint density at radius 2 is 1.16 bits per heavy atom. The molecular weight excluding hydrogens is 246 g/mol. The van der Waals surface area contributed by atoms with Crippen molar-refractivity contribution in [2.24, 2.45) is 17.2 Å². The Balaban J connectivity index is 3.88. The molecule has 0 aliphatic heterocycles. The molecule has 0 saturated carbocycles. The molecule has 0 heterocycles. The van der Waals surface area contributed by atoms with Gasteiger partial charge in [0, 0.05) is 18.1 Å². The molecule has 0 aromatic heterocycles. The maximum atomic E-state index is 9.83. The minimum Gasteiger partial charge on any atom is -0.393 e. The summed E-state index contributed by atoms with van der Waals surface area (Å²) in [5.74, 6) is 0. The number of aliphatic hydroxyl groups excluding tert-OH is 3. The van der Waals surface area contributed by atoms with Gasteiger partial charge in [-0.25, -0.2) is 0 Å². The topological polar surface area (TPSA) is 139 Å². The molecule has 0 rings (SSSR count). The lowest BCUT2D eigenvalue weighted by Gasteiger charge is -2.22. The SMILES string of the molecule is CC(O)CC(N)CC(N)CC(O)CC(O)C[C@H](C)N.